The summed E-state index contributed by atoms with van der Waals surface area (Å²) in [5, 5.41) is 8.85. The van der Waals surface area contributed by atoms with Gasteiger partial charge < -0.3 is 4.74 Å². The maximum absolute atomic E-state index is 11.3. The average Bonchev–Trinajstić information content (AvgIpc) is 2.46. The van der Waals surface area contributed by atoms with E-state index in [2.05, 4.69) is 10.8 Å². The molecular weight excluding hydrogens is 226 g/mol. The number of carbonyl (C=O) groups is 1. The lowest BCUT2D eigenvalue weighted by atomic mass is 10.0. The number of carbonyl (C=O) groups excluding carboxylic acids is 1. The number of esters is 1. The first-order valence-electron chi connectivity index (χ1n) is 5.43. The lowest BCUT2D eigenvalue weighted by molar-refractivity contribution is 0.0601. The van der Waals surface area contributed by atoms with E-state index in [4.69, 9.17) is 5.26 Å². The molecule has 2 aromatic carbocycles. The molecule has 0 aliphatic heterocycles. The molecule has 2 rings (SSSR count). The molecule has 0 aliphatic rings. The SMILES string of the molecule is COC(=O)c1ccc(-c2cccc(C#N)c2)cc1. The predicted molar refractivity (Wildman–Crippen MR) is 67.9 cm³/mol. The van der Waals surface area contributed by atoms with E-state index >= 15 is 0 Å². The number of hydrogen-bond donors (Lipinski definition) is 0. The minimum atomic E-state index is -0.354. The molecule has 2 aromatic rings. The van der Waals surface area contributed by atoms with Crippen molar-refractivity contribution < 1.29 is 9.53 Å². The second-order valence-corrected chi connectivity index (χ2v) is 3.76. The molecule has 0 saturated heterocycles. The Morgan fingerprint density at radius 1 is 1.11 bits per heavy atom. The highest BCUT2D eigenvalue weighted by molar-refractivity contribution is 5.90. The Kier molecular flexibility index (Phi) is 3.40. The fourth-order valence-corrected chi connectivity index (χ4v) is 1.68. The normalized spacial score (nSPS) is 9.56. The fraction of sp³-hybridized carbons (Fsp3) is 0.0667. The van der Waals surface area contributed by atoms with Gasteiger partial charge in [0.25, 0.3) is 0 Å². The topological polar surface area (TPSA) is 50.1 Å². The van der Waals surface area contributed by atoms with Gasteiger partial charge in [-0.15, -0.1) is 0 Å². The Hall–Kier alpha value is -2.60. The van der Waals surface area contributed by atoms with E-state index in [0.717, 1.165) is 11.1 Å². The zero-order valence-corrected chi connectivity index (χ0v) is 9.88. The third-order valence-corrected chi connectivity index (χ3v) is 2.63. The summed E-state index contributed by atoms with van der Waals surface area (Å²) in [4.78, 5) is 11.3. The van der Waals surface area contributed by atoms with Crippen LogP contribution in [0.25, 0.3) is 11.1 Å². The molecule has 0 amide bonds. The Morgan fingerprint density at radius 3 is 2.44 bits per heavy atom. The van der Waals surface area contributed by atoms with Gasteiger partial charge in [-0.1, -0.05) is 24.3 Å². The van der Waals surface area contributed by atoms with Crippen LogP contribution in [0.15, 0.2) is 48.5 Å². The van der Waals surface area contributed by atoms with E-state index in [9.17, 15) is 4.79 Å². The number of rotatable bonds is 2. The van der Waals surface area contributed by atoms with E-state index in [1.807, 2.05) is 30.3 Å². The monoisotopic (exact) mass is 237 g/mol. The van der Waals surface area contributed by atoms with Gasteiger partial charge in [-0.2, -0.15) is 5.26 Å². The van der Waals surface area contributed by atoms with Crippen molar-refractivity contribution in [3.05, 3.63) is 59.7 Å². The van der Waals surface area contributed by atoms with Crippen molar-refractivity contribution in [3.63, 3.8) is 0 Å². The lowest BCUT2D eigenvalue weighted by Gasteiger charge is -2.03. The van der Waals surface area contributed by atoms with Crippen LogP contribution in [0.3, 0.4) is 0 Å². The van der Waals surface area contributed by atoms with Crippen molar-refractivity contribution in [1.82, 2.24) is 0 Å². The van der Waals surface area contributed by atoms with E-state index in [1.165, 1.54) is 7.11 Å². The second kappa shape index (κ2) is 5.15. The van der Waals surface area contributed by atoms with Gasteiger partial charge in [-0.05, 0) is 35.4 Å². The first kappa shape index (κ1) is 11.9. The van der Waals surface area contributed by atoms with Crippen LogP contribution in [0, 0.1) is 11.3 Å². The third kappa shape index (κ3) is 2.38. The summed E-state index contributed by atoms with van der Waals surface area (Å²) in [5.41, 5.74) is 3.03. The van der Waals surface area contributed by atoms with Crippen LogP contribution in [0.2, 0.25) is 0 Å². The highest BCUT2D eigenvalue weighted by Crippen LogP contribution is 2.21. The standard InChI is InChI=1S/C15H11NO2/c1-18-15(17)13-7-5-12(6-8-13)14-4-2-3-11(9-14)10-16/h2-9H,1H3. The molecule has 0 heterocycles. The van der Waals surface area contributed by atoms with Crippen molar-refractivity contribution in [3.8, 4) is 17.2 Å². The van der Waals surface area contributed by atoms with Gasteiger partial charge in [0.2, 0.25) is 0 Å². The van der Waals surface area contributed by atoms with Gasteiger partial charge in [0.05, 0.1) is 24.3 Å². The maximum atomic E-state index is 11.3. The lowest BCUT2D eigenvalue weighted by Crippen LogP contribution is -2.00. The van der Waals surface area contributed by atoms with Crippen molar-refractivity contribution in [2.24, 2.45) is 0 Å². The summed E-state index contributed by atoms with van der Waals surface area (Å²) in [6, 6.07) is 16.5. The number of nitriles is 1. The molecule has 0 N–H and O–H groups in total. The summed E-state index contributed by atoms with van der Waals surface area (Å²) >= 11 is 0. The van der Waals surface area contributed by atoms with Crippen molar-refractivity contribution in [2.75, 3.05) is 7.11 Å². The molecule has 18 heavy (non-hydrogen) atoms. The Labute approximate surface area is 105 Å². The number of methoxy groups -OCH3 is 1. The van der Waals surface area contributed by atoms with Gasteiger partial charge in [-0.25, -0.2) is 4.79 Å². The summed E-state index contributed by atoms with van der Waals surface area (Å²) < 4.78 is 4.64. The average molecular weight is 237 g/mol. The predicted octanol–water partition coefficient (Wildman–Crippen LogP) is 3.01. The Bertz CT molecular complexity index is 609. The molecule has 0 aromatic heterocycles. The summed E-state index contributed by atoms with van der Waals surface area (Å²) in [7, 11) is 1.35. The second-order valence-electron chi connectivity index (χ2n) is 3.76. The quantitative estimate of drug-likeness (QED) is 0.754. The van der Waals surface area contributed by atoms with Crippen LogP contribution >= 0.6 is 0 Å². The molecule has 0 radical (unpaired) electrons. The molecule has 0 bridgehead atoms. The molecule has 0 fully saturated rings. The van der Waals surface area contributed by atoms with Crippen LogP contribution in [-0.2, 0) is 4.74 Å². The van der Waals surface area contributed by atoms with Crippen molar-refractivity contribution in [1.29, 1.82) is 5.26 Å². The largest absolute Gasteiger partial charge is 0.465 e. The van der Waals surface area contributed by atoms with Crippen LogP contribution in [0.5, 0.6) is 0 Å². The highest BCUT2D eigenvalue weighted by atomic mass is 16.5. The number of benzene rings is 2. The van der Waals surface area contributed by atoms with Gasteiger partial charge in [0.1, 0.15) is 0 Å². The van der Waals surface area contributed by atoms with E-state index in [0.29, 0.717) is 11.1 Å². The molecule has 0 aliphatic carbocycles. The number of hydrogen-bond acceptors (Lipinski definition) is 3. The van der Waals surface area contributed by atoms with E-state index in [-0.39, 0.29) is 5.97 Å². The molecule has 0 atom stereocenters. The fourth-order valence-electron chi connectivity index (χ4n) is 1.68. The van der Waals surface area contributed by atoms with Crippen molar-refractivity contribution >= 4 is 5.97 Å². The molecular formula is C15H11NO2. The van der Waals surface area contributed by atoms with Crippen LogP contribution in [-0.4, -0.2) is 13.1 Å². The Balaban J connectivity index is 2.34. The molecule has 0 unspecified atom stereocenters. The zero-order chi connectivity index (χ0) is 13.0. The summed E-state index contributed by atoms with van der Waals surface area (Å²) in [5.74, 6) is -0.354. The van der Waals surface area contributed by atoms with Gasteiger partial charge in [0.15, 0.2) is 0 Å². The molecule has 0 spiro atoms. The Morgan fingerprint density at radius 2 is 1.83 bits per heavy atom. The first-order chi connectivity index (χ1) is 8.74. The molecule has 0 saturated carbocycles. The molecule has 88 valence electrons. The summed E-state index contributed by atoms with van der Waals surface area (Å²) in [6.07, 6.45) is 0. The first-order valence-corrected chi connectivity index (χ1v) is 5.43. The van der Waals surface area contributed by atoms with Crippen LogP contribution in [0.4, 0.5) is 0 Å². The minimum Gasteiger partial charge on any atom is -0.465 e. The number of nitrogens with zero attached hydrogens (tertiary/aromatic N) is 1. The molecule has 3 nitrogen and oxygen atoms in total. The summed E-state index contributed by atoms with van der Waals surface area (Å²) in [6.45, 7) is 0. The third-order valence-electron chi connectivity index (χ3n) is 2.63. The van der Waals surface area contributed by atoms with Gasteiger partial charge in [0, 0.05) is 0 Å². The maximum Gasteiger partial charge on any atom is 0.337 e. The van der Waals surface area contributed by atoms with Crippen LogP contribution in [0.1, 0.15) is 15.9 Å². The van der Waals surface area contributed by atoms with Crippen molar-refractivity contribution in [2.45, 2.75) is 0 Å². The zero-order valence-electron chi connectivity index (χ0n) is 9.88. The van der Waals surface area contributed by atoms with Gasteiger partial charge in [-0.3, -0.25) is 0 Å². The van der Waals surface area contributed by atoms with Crippen LogP contribution < -0.4 is 0 Å². The van der Waals surface area contributed by atoms with Gasteiger partial charge >= 0.3 is 5.97 Å². The smallest absolute Gasteiger partial charge is 0.337 e. The van der Waals surface area contributed by atoms with E-state index in [1.54, 1.807) is 18.2 Å². The van der Waals surface area contributed by atoms with E-state index < -0.39 is 0 Å². The minimum absolute atomic E-state index is 0.354. The highest BCUT2D eigenvalue weighted by Gasteiger charge is 2.05. The number of ether oxygens (including phenoxy) is 1. The molecule has 3 heteroatoms.